The van der Waals surface area contributed by atoms with Gasteiger partial charge in [-0.15, -0.1) is 0 Å². The van der Waals surface area contributed by atoms with Crippen LogP contribution in [0, 0.1) is 5.92 Å². The highest BCUT2D eigenvalue weighted by molar-refractivity contribution is 5.81. The molecule has 1 aromatic carbocycles. The Morgan fingerprint density at radius 1 is 1.35 bits per heavy atom. The molecule has 2 unspecified atom stereocenters. The molecule has 4 heteroatoms. The van der Waals surface area contributed by atoms with Crippen molar-refractivity contribution < 1.29 is 9.53 Å². The van der Waals surface area contributed by atoms with Crippen LogP contribution in [0.25, 0.3) is 0 Å². The standard InChI is InChI=1S/C16H22N2O2/c1-3-20-14-8-6-13(7-9-14)16-17-10-15(19)18(16)11(2)12-4-5-12/h6-9,11-12,16-17H,3-5,10H2,1-2H3. The minimum atomic E-state index is 0.00813. The number of nitrogens with one attached hydrogen (secondary N) is 1. The summed E-state index contributed by atoms with van der Waals surface area (Å²) in [6, 6.07) is 8.38. The summed E-state index contributed by atoms with van der Waals surface area (Å²) in [5.41, 5.74) is 1.13. The Morgan fingerprint density at radius 2 is 2.05 bits per heavy atom. The molecule has 2 fully saturated rings. The summed E-state index contributed by atoms with van der Waals surface area (Å²) in [6.45, 7) is 5.26. The van der Waals surface area contributed by atoms with Gasteiger partial charge in [-0.05, 0) is 50.3 Å². The quantitative estimate of drug-likeness (QED) is 0.896. The lowest BCUT2D eigenvalue weighted by molar-refractivity contribution is -0.130. The molecule has 1 saturated carbocycles. The molecule has 0 aromatic heterocycles. The zero-order valence-corrected chi connectivity index (χ0v) is 12.1. The second-order valence-corrected chi connectivity index (χ2v) is 5.66. The molecule has 20 heavy (non-hydrogen) atoms. The molecule has 1 aromatic rings. The minimum Gasteiger partial charge on any atom is -0.494 e. The Kier molecular flexibility index (Phi) is 3.66. The van der Waals surface area contributed by atoms with E-state index in [1.54, 1.807) is 0 Å². The molecule has 1 N–H and O–H groups in total. The fourth-order valence-corrected chi connectivity index (χ4v) is 2.98. The van der Waals surface area contributed by atoms with Crippen LogP contribution in [-0.4, -0.2) is 30.0 Å². The first-order chi connectivity index (χ1) is 9.70. The fraction of sp³-hybridized carbons (Fsp3) is 0.562. The zero-order chi connectivity index (χ0) is 14.1. The molecule has 3 rings (SSSR count). The van der Waals surface area contributed by atoms with Gasteiger partial charge < -0.3 is 9.64 Å². The van der Waals surface area contributed by atoms with Crippen molar-refractivity contribution in [2.24, 2.45) is 5.92 Å². The van der Waals surface area contributed by atoms with Crippen molar-refractivity contribution >= 4 is 5.91 Å². The van der Waals surface area contributed by atoms with Crippen molar-refractivity contribution in [3.05, 3.63) is 29.8 Å². The lowest BCUT2D eigenvalue weighted by Crippen LogP contribution is -2.39. The normalized spacial score (nSPS) is 24.0. The molecule has 0 bridgehead atoms. The van der Waals surface area contributed by atoms with Gasteiger partial charge in [0.1, 0.15) is 11.9 Å². The van der Waals surface area contributed by atoms with Crippen molar-refractivity contribution in [1.82, 2.24) is 10.2 Å². The van der Waals surface area contributed by atoms with Gasteiger partial charge >= 0.3 is 0 Å². The second kappa shape index (κ2) is 5.44. The van der Waals surface area contributed by atoms with Gasteiger partial charge in [-0.3, -0.25) is 10.1 Å². The number of rotatable bonds is 5. The Hall–Kier alpha value is -1.55. The van der Waals surface area contributed by atoms with Gasteiger partial charge in [0.15, 0.2) is 0 Å². The smallest absolute Gasteiger partial charge is 0.238 e. The van der Waals surface area contributed by atoms with Crippen molar-refractivity contribution in [2.45, 2.75) is 38.9 Å². The summed E-state index contributed by atoms with van der Waals surface area (Å²) in [5.74, 6) is 1.77. The summed E-state index contributed by atoms with van der Waals surface area (Å²) in [6.07, 6.45) is 2.51. The average Bonchev–Trinajstić information content (AvgIpc) is 3.23. The molecule has 0 radical (unpaired) electrons. The third-order valence-electron chi connectivity index (χ3n) is 4.26. The van der Waals surface area contributed by atoms with E-state index in [0.29, 0.717) is 25.1 Å². The topological polar surface area (TPSA) is 41.6 Å². The number of ether oxygens (including phenoxy) is 1. The molecule has 1 heterocycles. The van der Waals surface area contributed by atoms with Crippen LogP contribution in [0.5, 0.6) is 5.75 Å². The lowest BCUT2D eigenvalue weighted by Gasteiger charge is -2.31. The maximum absolute atomic E-state index is 12.1. The van der Waals surface area contributed by atoms with Crippen LogP contribution >= 0.6 is 0 Å². The molecule has 0 spiro atoms. The maximum atomic E-state index is 12.1. The van der Waals surface area contributed by atoms with Gasteiger partial charge in [0.05, 0.1) is 13.2 Å². The van der Waals surface area contributed by atoms with Crippen LogP contribution in [0.4, 0.5) is 0 Å². The number of hydrogen-bond donors (Lipinski definition) is 1. The van der Waals surface area contributed by atoms with E-state index in [0.717, 1.165) is 11.3 Å². The molecule has 1 aliphatic heterocycles. The average molecular weight is 274 g/mol. The van der Waals surface area contributed by atoms with Crippen LogP contribution in [-0.2, 0) is 4.79 Å². The third-order valence-corrected chi connectivity index (χ3v) is 4.26. The van der Waals surface area contributed by atoms with E-state index >= 15 is 0 Å². The van der Waals surface area contributed by atoms with E-state index in [2.05, 4.69) is 12.2 Å². The van der Waals surface area contributed by atoms with Gasteiger partial charge in [0.25, 0.3) is 0 Å². The molecule has 2 aliphatic rings. The first-order valence-electron chi connectivity index (χ1n) is 7.48. The molecule has 4 nitrogen and oxygen atoms in total. The number of amides is 1. The van der Waals surface area contributed by atoms with Gasteiger partial charge in [0, 0.05) is 6.04 Å². The Morgan fingerprint density at radius 3 is 2.65 bits per heavy atom. The Labute approximate surface area is 120 Å². The highest BCUT2D eigenvalue weighted by Gasteiger charge is 2.41. The van der Waals surface area contributed by atoms with E-state index in [1.165, 1.54) is 12.8 Å². The summed E-state index contributed by atoms with van der Waals surface area (Å²) >= 11 is 0. The number of carbonyl (C=O) groups excluding carboxylic acids is 1. The first-order valence-corrected chi connectivity index (χ1v) is 7.48. The highest BCUT2D eigenvalue weighted by atomic mass is 16.5. The monoisotopic (exact) mass is 274 g/mol. The van der Waals surface area contributed by atoms with Crippen molar-refractivity contribution in [3.63, 3.8) is 0 Å². The number of carbonyl (C=O) groups is 1. The summed E-state index contributed by atoms with van der Waals surface area (Å²) < 4.78 is 5.47. The van der Waals surface area contributed by atoms with E-state index < -0.39 is 0 Å². The molecular weight excluding hydrogens is 252 g/mol. The van der Waals surface area contributed by atoms with Gasteiger partial charge in [-0.2, -0.15) is 0 Å². The van der Waals surface area contributed by atoms with Crippen molar-refractivity contribution in [1.29, 1.82) is 0 Å². The molecular formula is C16H22N2O2. The van der Waals surface area contributed by atoms with Gasteiger partial charge in [-0.25, -0.2) is 0 Å². The zero-order valence-electron chi connectivity index (χ0n) is 12.1. The number of nitrogens with zero attached hydrogens (tertiary/aromatic N) is 1. The number of benzene rings is 1. The van der Waals surface area contributed by atoms with E-state index in [1.807, 2.05) is 36.1 Å². The Bertz CT molecular complexity index is 482. The fourth-order valence-electron chi connectivity index (χ4n) is 2.98. The second-order valence-electron chi connectivity index (χ2n) is 5.66. The highest BCUT2D eigenvalue weighted by Crippen LogP contribution is 2.39. The molecule has 1 amide bonds. The molecule has 108 valence electrons. The van der Waals surface area contributed by atoms with E-state index in [-0.39, 0.29) is 12.1 Å². The molecule has 1 saturated heterocycles. The molecule has 2 atom stereocenters. The summed E-state index contributed by atoms with van der Waals surface area (Å²) in [5, 5.41) is 3.32. The summed E-state index contributed by atoms with van der Waals surface area (Å²) in [4.78, 5) is 14.2. The van der Waals surface area contributed by atoms with Crippen molar-refractivity contribution in [2.75, 3.05) is 13.2 Å². The van der Waals surface area contributed by atoms with E-state index in [9.17, 15) is 4.79 Å². The first kappa shape index (κ1) is 13.4. The van der Waals surface area contributed by atoms with Crippen LogP contribution < -0.4 is 10.1 Å². The van der Waals surface area contributed by atoms with Crippen LogP contribution in [0.1, 0.15) is 38.4 Å². The largest absolute Gasteiger partial charge is 0.494 e. The van der Waals surface area contributed by atoms with Crippen LogP contribution in [0.3, 0.4) is 0 Å². The predicted molar refractivity (Wildman–Crippen MR) is 77.4 cm³/mol. The number of hydrogen-bond acceptors (Lipinski definition) is 3. The maximum Gasteiger partial charge on any atom is 0.238 e. The predicted octanol–water partition coefficient (Wildman–Crippen LogP) is 2.31. The van der Waals surface area contributed by atoms with Crippen LogP contribution in [0.2, 0.25) is 0 Å². The Balaban J connectivity index is 1.78. The third kappa shape index (κ3) is 2.52. The van der Waals surface area contributed by atoms with Gasteiger partial charge in [0.2, 0.25) is 5.91 Å². The van der Waals surface area contributed by atoms with Gasteiger partial charge in [-0.1, -0.05) is 12.1 Å². The van der Waals surface area contributed by atoms with Crippen molar-refractivity contribution in [3.8, 4) is 5.75 Å². The van der Waals surface area contributed by atoms with Crippen LogP contribution in [0.15, 0.2) is 24.3 Å². The minimum absolute atomic E-state index is 0.00813. The summed E-state index contributed by atoms with van der Waals surface area (Å²) in [7, 11) is 0. The lowest BCUT2D eigenvalue weighted by atomic mass is 10.1. The van der Waals surface area contributed by atoms with E-state index in [4.69, 9.17) is 4.74 Å². The molecule has 1 aliphatic carbocycles. The SMILES string of the molecule is CCOc1ccc(C2NCC(=O)N2C(C)C2CC2)cc1.